The summed E-state index contributed by atoms with van der Waals surface area (Å²) in [7, 11) is -4.88. The maximum Gasteiger partial charge on any atom is 0.265 e. The summed E-state index contributed by atoms with van der Waals surface area (Å²) in [5, 5.41) is 9.89. The minimum atomic E-state index is -4.88. The lowest BCUT2D eigenvalue weighted by Crippen LogP contribution is -2.32. The first-order chi connectivity index (χ1) is 10.7. The zero-order valence-electron chi connectivity index (χ0n) is 12.0. The van der Waals surface area contributed by atoms with Gasteiger partial charge in [0.1, 0.15) is 18.2 Å². The molecule has 1 fully saturated rings. The van der Waals surface area contributed by atoms with E-state index in [2.05, 4.69) is 21.1 Å². The Hall–Kier alpha value is -1.75. The number of aliphatic hydroxyl groups is 1. The number of aliphatic imine (C=N–C) groups is 2. The minimum Gasteiger partial charge on any atom is -0.756 e. The highest BCUT2D eigenvalue weighted by Crippen LogP contribution is 2.34. The zero-order valence-corrected chi connectivity index (χ0v) is 12.9. The van der Waals surface area contributed by atoms with Crippen molar-refractivity contribution in [2.75, 3.05) is 6.61 Å². The molecule has 2 aliphatic rings. The molecular formula is C11H17N5O6P-. The second-order valence-electron chi connectivity index (χ2n) is 4.84. The number of guanidine groups is 1. The summed E-state index contributed by atoms with van der Waals surface area (Å²) in [6.45, 7) is 3.24. The van der Waals surface area contributed by atoms with Gasteiger partial charge in [0.25, 0.3) is 7.82 Å². The molecule has 11 nitrogen and oxygen atoms in total. The van der Waals surface area contributed by atoms with Crippen LogP contribution in [0.2, 0.25) is 0 Å². The van der Waals surface area contributed by atoms with Gasteiger partial charge in [-0.25, -0.2) is 4.99 Å². The van der Waals surface area contributed by atoms with Crippen LogP contribution in [0.4, 0.5) is 0 Å². The molecule has 0 spiro atoms. The van der Waals surface area contributed by atoms with Crippen molar-refractivity contribution >= 4 is 19.6 Å². The Morgan fingerprint density at radius 1 is 1.70 bits per heavy atom. The molecule has 1 saturated heterocycles. The molecule has 2 aliphatic heterocycles. The predicted molar refractivity (Wildman–Crippen MR) is 78.4 cm³/mol. The number of ether oxygens (including phenoxy) is 1. The monoisotopic (exact) mass is 346 g/mol. The minimum absolute atomic E-state index is 0.148. The van der Waals surface area contributed by atoms with E-state index in [1.807, 2.05) is 0 Å². The molecule has 0 saturated carbocycles. The molecule has 2 rings (SSSR count). The summed E-state index contributed by atoms with van der Waals surface area (Å²) in [6, 6.07) is 0. The lowest BCUT2D eigenvalue weighted by Gasteiger charge is -2.28. The molecule has 6 N–H and O–H groups in total. The van der Waals surface area contributed by atoms with Gasteiger partial charge in [0.15, 0.2) is 11.8 Å². The van der Waals surface area contributed by atoms with Crippen molar-refractivity contribution in [1.82, 2.24) is 4.90 Å². The molecule has 4 atom stereocenters. The summed E-state index contributed by atoms with van der Waals surface area (Å²) in [6.07, 6.45) is 0.737. The van der Waals surface area contributed by atoms with Gasteiger partial charge in [-0.3, -0.25) is 4.57 Å². The van der Waals surface area contributed by atoms with Crippen LogP contribution in [0, 0.1) is 0 Å². The third kappa shape index (κ3) is 4.86. The molecule has 0 aromatic rings. The van der Waals surface area contributed by atoms with Gasteiger partial charge in [-0.1, -0.05) is 6.58 Å². The van der Waals surface area contributed by atoms with E-state index in [0.717, 1.165) is 0 Å². The highest BCUT2D eigenvalue weighted by molar-refractivity contribution is 7.44. The van der Waals surface area contributed by atoms with Gasteiger partial charge >= 0.3 is 0 Å². The molecular weight excluding hydrogens is 329 g/mol. The van der Waals surface area contributed by atoms with Gasteiger partial charge in [-0.05, 0) is 6.08 Å². The fourth-order valence-electron chi connectivity index (χ4n) is 2.12. The molecule has 12 heteroatoms. The fraction of sp³-hybridized carbons (Fsp3) is 0.455. The lowest BCUT2D eigenvalue weighted by atomic mass is 10.2. The summed E-state index contributed by atoms with van der Waals surface area (Å²) in [5.41, 5.74) is 10.5. The Morgan fingerprint density at radius 2 is 2.39 bits per heavy atom. The Balaban J connectivity index is 1.98. The van der Waals surface area contributed by atoms with Gasteiger partial charge in [-0.15, -0.1) is 0 Å². The maximum atomic E-state index is 10.6. The van der Waals surface area contributed by atoms with Gasteiger partial charge in [0, 0.05) is 12.6 Å². The summed E-state index contributed by atoms with van der Waals surface area (Å²) >= 11 is 0. The zero-order chi connectivity index (χ0) is 17.2. The van der Waals surface area contributed by atoms with Crippen LogP contribution >= 0.6 is 7.82 Å². The van der Waals surface area contributed by atoms with E-state index in [0.29, 0.717) is 0 Å². The number of hydrogen-bond donors (Lipinski definition) is 4. The average molecular weight is 346 g/mol. The largest absolute Gasteiger partial charge is 0.756 e. The maximum absolute atomic E-state index is 10.6. The Kier molecular flexibility index (Phi) is 5.19. The molecule has 1 unspecified atom stereocenters. The number of hydrogen-bond acceptors (Lipinski definition) is 8. The molecule has 23 heavy (non-hydrogen) atoms. The second kappa shape index (κ2) is 6.79. The molecule has 0 aromatic carbocycles. The van der Waals surface area contributed by atoms with E-state index in [1.165, 1.54) is 11.0 Å². The number of aliphatic hydroxyl groups excluding tert-OH is 1. The SMILES string of the molecule is C=C1N=C(N=C(N)N)C=CN1[C@H]1C[C@@H](O)[C@@H](COP(=O)([O-])O)O1. The first-order valence-electron chi connectivity index (χ1n) is 6.51. The van der Waals surface area contributed by atoms with Crippen molar-refractivity contribution in [2.24, 2.45) is 21.5 Å². The van der Waals surface area contributed by atoms with Crippen molar-refractivity contribution in [3.8, 4) is 0 Å². The van der Waals surface area contributed by atoms with Crippen LogP contribution in [0.5, 0.6) is 0 Å². The van der Waals surface area contributed by atoms with Crippen LogP contribution in [0.3, 0.4) is 0 Å². The van der Waals surface area contributed by atoms with E-state index in [4.69, 9.17) is 21.1 Å². The van der Waals surface area contributed by atoms with Crippen molar-refractivity contribution in [1.29, 1.82) is 0 Å². The van der Waals surface area contributed by atoms with Crippen LogP contribution in [0.1, 0.15) is 6.42 Å². The lowest BCUT2D eigenvalue weighted by molar-refractivity contribution is -0.223. The Labute approximate surface area is 131 Å². The predicted octanol–water partition coefficient (Wildman–Crippen LogP) is -2.09. The Bertz CT molecular complexity index is 610. The van der Waals surface area contributed by atoms with Crippen LogP contribution in [0.25, 0.3) is 0 Å². The van der Waals surface area contributed by atoms with Crippen LogP contribution in [-0.4, -0.2) is 51.7 Å². The van der Waals surface area contributed by atoms with E-state index in [9.17, 15) is 14.6 Å². The van der Waals surface area contributed by atoms with Gasteiger partial charge < -0.3 is 40.5 Å². The second-order valence-corrected chi connectivity index (χ2v) is 6.04. The number of rotatable bonds is 4. The topological polar surface area (TPSA) is 179 Å². The van der Waals surface area contributed by atoms with E-state index >= 15 is 0 Å². The fourth-order valence-corrected chi connectivity index (χ4v) is 2.46. The molecule has 2 heterocycles. The van der Waals surface area contributed by atoms with E-state index in [1.54, 1.807) is 6.20 Å². The number of amidine groups is 1. The molecule has 0 bridgehead atoms. The highest BCUT2D eigenvalue weighted by Gasteiger charge is 2.38. The number of nitrogens with two attached hydrogens (primary N) is 2. The van der Waals surface area contributed by atoms with Crippen LogP contribution < -0.4 is 16.4 Å². The van der Waals surface area contributed by atoms with Gasteiger partial charge in [0.2, 0.25) is 0 Å². The van der Waals surface area contributed by atoms with Crippen molar-refractivity contribution in [2.45, 2.75) is 24.9 Å². The summed E-state index contributed by atoms with van der Waals surface area (Å²) in [5.74, 6) is 0.394. The highest BCUT2D eigenvalue weighted by atomic mass is 31.2. The van der Waals surface area contributed by atoms with Gasteiger partial charge in [-0.2, -0.15) is 4.99 Å². The van der Waals surface area contributed by atoms with E-state index < -0.39 is 32.9 Å². The molecule has 0 aromatic heterocycles. The van der Waals surface area contributed by atoms with Crippen molar-refractivity contribution in [3.63, 3.8) is 0 Å². The molecule has 0 amide bonds. The van der Waals surface area contributed by atoms with Gasteiger partial charge in [0.05, 0.1) is 12.7 Å². The normalized spacial score (nSPS) is 30.0. The summed E-state index contributed by atoms with van der Waals surface area (Å²) < 4.78 is 20.3. The number of phosphoric acid groups is 1. The molecule has 0 radical (unpaired) electrons. The van der Waals surface area contributed by atoms with Crippen molar-refractivity contribution in [3.05, 3.63) is 24.7 Å². The van der Waals surface area contributed by atoms with Crippen LogP contribution in [0.15, 0.2) is 34.7 Å². The molecule has 0 aliphatic carbocycles. The number of phosphoric ester groups is 1. The smallest absolute Gasteiger partial charge is 0.265 e. The van der Waals surface area contributed by atoms with E-state index in [-0.39, 0.29) is 24.0 Å². The third-order valence-electron chi connectivity index (χ3n) is 3.09. The van der Waals surface area contributed by atoms with Crippen molar-refractivity contribution < 1.29 is 28.7 Å². The summed E-state index contributed by atoms with van der Waals surface area (Å²) in [4.78, 5) is 28.5. The molecule has 128 valence electrons. The number of nitrogens with zero attached hydrogens (tertiary/aromatic N) is 3. The average Bonchev–Trinajstić information content (AvgIpc) is 2.76. The standard InChI is InChI=1S/C11H18N5O6P/c1-6-14-9(15-11(12)13)2-3-16(6)10-4-7(17)8(22-10)5-21-23(18,19)20/h2-3,7-8,10,17H,1,4-5H2,(H2,18,19,20)(H4,12,13,14,15)/p-1/t7-,8-,10-/m1/s1. The first kappa shape index (κ1) is 17.6. The Morgan fingerprint density at radius 3 is 2.96 bits per heavy atom. The van der Waals surface area contributed by atoms with Crippen LogP contribution in [-0.2, 0) is 13.8 Å². The third-order valence-corrected chi connectivity index (χ3v) is 3.56. The first-order valence-corrected chi connectivity index (χ1v) is 8.01. The quantitative estimate of drug-likeness (QED) is 0.252.